The lowest BCUT2D eigenvalue weighted by Gasteiger charge is -2.26. The molecule has 1 aromatic carbocycles. The van der Waals surface area contributed by atoms with Gasteiger partial charge in [0, 0.05) is 24.9 Å². The molecule has 1 fully saturated rings. The Morgan fingerprint density at radius 3 is 2.24 bits per heavy atom. The van der Waals surface area contributed by atoms with Crippen LogP contribution in [0, 0.1) is 0 Å². The Labute approximate surface area is 128 Å². The van der Waals surface area contributed by atoms with Gasteiger partial charge in [0.2, 0.25) is 0 Å². The second-order valence-corrected chi connectivity index (χ2v) is 8.08. The van der Waals surface area contributed by atoms with Gasteiger partial charge in [0.1, 0.15) is 0 Å². The zero-order valence-electron chi connectivity index (χ0n) is 13.2. The van der Waals surface area contributed by atoms with Gasteiger partial charge in [-0.05, 0) is 57.5 Å². The monoisotopic (exact) mass is 310 g/mol. The van der Waals surface area contributed by atoms with Crippen molar-refractivity contribution in [2.24, 2.45) is 0 Å². The van der Waals surface area contributed by atoms with E-state index >= 15 is 0 Å². The highest BCUT2D eigenvalue weighted by Gasteiger charge is 2.18. The zero-order chi connectivity index (χ0) is 15.5. The molecule has 0 amide bonds. The van der Waals surface area contributed by atoms with Crippen LogP contribution in [0.2, 0.25) is 0 Å². The summed E-state index contributed by atoms with van der Waals surface area (Å²) in [7, 11) is -3.11. The van der Waals surface area contributed by atoms with Crippen LogP contribution in [0.15, 0.2) is 29.2 Å². The summed E-state index contributed by atoms with van der Waals surface area (Å²) in [5.41, 5.74) is 1.12. The summed E-state index contributed by atoms with van der Waals surface area (Å²) >= 11 is 0. The molecule has 21 heavy (non-hydrogen) atoms. The summed E-state index contributed by atoms with van der Waals surface area (Å²) in [6.07, 6.45) is 3.86. The normalized spacial score (nSPS) is 19.6. The maximum atomic E-state index is 11.5. The molecule has 1 aromatic rings. The van der Waals surface area contributed by atoms with E-state index in [1.165, 1.54) is 32.2 Å². The van der Waals surface area contributed by atoms with Crippen LogP contribution in [0.1, 0.15) is 38.3 Å². The number of hydrogen-bond donors (Lipinski definition) is 1. The standard InChI is InChI=1S/C16H26N2O2S/c1-13(18-10-4-5-11-18)12-17-14(2)15-6-8-16(9-7-15)21(3,19)20/h6-9,13-14,17H,4-5,10-12H2,1-3H3. The molecular formula is C16H26N2O2S. The summed E-state index contributed by atoms with van der Waals surface area (Å²) in [6.45, 7) is 7.75. The molecule has 2 rings (SSSR count). The summed E-state index contributed by atoms with van der Waals surface area (Å²) in [5, 5.41) is 3.54. The molecule has 1 heterocycles. The molecule has 2 atom stereocenters. The Hall–Kier alpha value is -0.910. The predicted molar refractivity (Wildman–Crippen MR) is 86.2 cm³/mol. The maximum absolute atomic E-state index is 11.5. The van der Waals surface area contributed by atoms with E-state index in [9.17, 15) is 8.42 Å². The van der Waals surface area contributed by atoms with E-state index in [1.807, 2.05) is 12.1 Å². The number of likely N-dealkylation sites (tertiary alicyclic amines) is 1. The van der Waals surface area contributed by atoms with Crippen molar-refractivity contribution in [3.05, 3.63) is 29.8 Å². The number of benzene rings is 1. The molecule has 5 heteroatoms. The van der Waals surface area contributed by atoms with Crippen LogP contribution in [0.25, 0.3) is 0 Å². The van der Waals surface area contributed by atoms with Crippen molar-refractivity contribution in [3.8, 4) is 0 Å². The summed E-state index contributed by atoms with van der Waals surface area (Å²) in [4.78, 5) is 2.90. The Morgan fingerprint density at radius 2 is 1.71 bits per heavy atom. The first kappa shape index (κ1) is 16.5. The molecule has 1 saturated heterocycles. The minimum atomic E-state index is -3.11. The summed E-state index contributed by atoms with van der Waals surface area (Å²) < 4.78 is 22.9. The van der Waals surface area contributed by atoms with Crippen LogP contribution in [0.4, 0.5) is 0 Å². The molecule has 0 aromatic heterocycles. The average Bonchev–Trinajstić information content (AvgIpc) is 2.98. The fourth-order valence-electron chi connectivity index (χ4n) is 2.78. The molecular weight excluding hydrogens is 284 g/mol. The van der Waals surface area contributed by atoms with Gasteiger partial charge in [-0.1, -0.05) is 12.1 Å². The molecule has 1 aliphatic heterocycles. The average molecular weight is 310 g/mol. The van der Waals surface area contributed by atoms with Gasteiger partial charge in [-0.3, -0.25) is 4.90 Å². The van der Waals surface area contributed by atoms with Crippen LogP contribution in [0.5, 0.6) is 0 Å². The van der Waals surface area contributed by atoms with E-state index in [0.717, 1.165) is 12.1 Å². The van der Waals surface area contributed by atoms with Gasteiger partial charge in [0.05, 0.1) is 4.90 Å². The van der Waals surface area contributed by atoms with Crippen molar-refractivity contribution in [2.75, 3.05) is 25.9 Å². The predicted octanol–water partition coefficient (Wildman–Crippen LogP) is 2.22. The SMILES string of the molecule is CC(NCC(C)N1CCCC1)c1ccc(S(C)(=O)=O)cc1. The molecule has 0 aliphatic carbocycles. The molecule has 0 saturated carbocycles. The molecule has 0 radical (unpaired) electrons. The van der Waals surface area contributed by atoms with Crippen LogP contribution in [-0.2, 0) is 9.84 Å². The van der Waals surface area contributed by atoms with Crippen LogP contribution >= 0.6 is 0 Å². The second-order valence-electron chi connectivity index (χ2n) is 6.06. The van der Waals surface area contributed by atoms with Gasteiger partial charge in [0.25, 0.3) is 0 Å². The van der Waals surface area contributed by atoms with Crippen molar-refractivity contribution in [1.29, 1.82) is 0 Å². The number of nitrogens with zero attached hydrogens (tertiary/aromatic N) is 1. The zero-order valence-corrected chi connectivity index (χ0v) is 14.0. The van der Waals surface area contributed by atoms with Crippen LogP contribution in [-0.4, -0.2) is 45.2 Å². The number of rotatable bonds is 6. The largest absolute Gasteiger partial charge is 0.309 e. The lowest BCUT2D eigenvalue weighted by atomic mass is 10.1. The third-order valence-electron chi connectivity index (χ3n) is 4.29. The van der Waals surface area contributed by atoms with E-state index in [0.29, 0.717) is 10.9 Å². The number of sulfone groups is 1. The minimum absolute atomic E-state index is 0.226. The first-order valence-electron chi connectivity index (χ1n) is 7.65. The van der Waals surface area contributed by atoms with Crippen molar-refractivity contribution in [2.45, 2.75) is 43.7 Å². The van der Waals surface area contributed by atoms with E-state index < -0.39 is 9.84 Å². The Balaban J connectivity index is 1.89. The van der Waals surface area contributed by atoms with Gasteiger partial charge in [-0.15, -0.1) is 0 Å². The second kappa shape index (κ2) is 6.90. The lowest BCUT2D eigenvalue weighted by Crippen LogP contribution is -2.39. The summed E-state index contributed by atoms with van der Waals surface area (Å²) in [5.74, 6) is 0. The smallest absolute Gasteiger partial charge is 0.175 e. The number of hydrogen-bond acceptors (Lipinski definition) is 4. The van der Waals surface area contributed by atoms with E-state index in [1.54, 1.807) is 12.1 Å². The van der Waals surface area contributed by atoms with Crippen LogP contribution < -0.4 is 5.32 Å². The third kappa shape index (κ3) is 4.53. The highest BCUT2D eigenvalue weighted by molar-refractivity contribution is 7.90. The molecule has 0 spiro atoms. The van der Waals surface area contributed by atoms with Crippen LogP contribution in [0.3, 0.4) is 0 Å². The molecule has 1 N–H and O–H groups in total. The van der Waals surface area contributed by atoms with Gasteiger partial charge in [-0.2, -0.15) is 0 Å². The fraction of sp³-hybridized carbons (Fsp3) is 0.625. The van der Waals surface area contributed by atoms with Gasteiger partial charge in [0.15, 0.2) is 9.84 Å². The Morgan fingerprint density at radius 1 is 1.14 bits per heavy atom. The van der Waals surface area contributed by atoms with Crippen molar-refractivity contribution in [3.63, 3.8) is 0 Å². The van der Waals surface area contributed by atoms with Crippen molar-refractivity contribution in [1.82, 2.24) is 10.2 Å². The minimum Gasteiger partial charge on any atom is -0.309 e. The fourth-order valence-corrected chi connectivity index (χ4v) is 3.41. The van der Waals surface area contributed by atoms with E-state index in [4.69, 9.17) is 0 Å². The van der Waals surface area contributed by atoms with Crippen molar-refractivity contribution >= 4 is 9.84 Å². The molecule has 118 valence electrons. The van der Waals surface area contributed by atoms with Gasteiger partial charge >= 0.3 is 0 Å². The summed E-state index contributed by atoms with van der Waals surface area (Å²) in [6, 6.07) is 7.94. The highest BCUT2D eigenvalue weighted by Crippen LogP contribution is 2.17. The Bertz CT molecular complexity index is 548. The number of nitrogens with one attached hydrogen (secondary N) is 1. The molecule has 2 unspecified atom stereocenters. The van der Waals surface area contributed by atoms with Gasteiger partial charge in [-0.25, -0.2) is 8.42 Å². The topological polar surface area (TPSA) is 49.4 Å². The lowest BCUT2D eigenvalue weighted by molar-refractivity contribution is 0.247. The highest BCUT2D eigenvalue weighted by atomic mass is 32.2. The van der Waals surface area contributed by atoms with Gasteiger partial charge < -0.3 is 5.32 Å². The third-order valence-corrected chi connectivity index (χ3v) is 5.42. The van der Waals surface area contributed by atoms with E-state index in [-0.39, 0.29) is 6.04 Å². The molecule has 1 aliphatic rings. The van der Waals surface area contributed by atoms with Crippen molar-refractivity contribution < 1.29 is 8.42 Å². The Kier molecular flexibility index (Phi) is 5.41. The quantitative estimate of drug-likeness (QED) is 0.875. The first-order valence-corrected chi connectivity index (χ1v) is 9.54. The first-order chi connectivity index (χ1) is 9.88. The molecule has 0 bridgehead atoms. The van der Waals surface area contributed by atoms with E-state index in [2.05, 4.69) is 24.1 Å². The maximum Gasteiger partial charge on any atom is 0.175 e. The molecule has 4 nitrogen and oxygen atoms in total.